The molecule has 2 amide bonds. The number of rotatable bonds is 7. The maximum Gasteiger partial charge on any atom is 0.237 e. The lowest BCUT2D eigenvalue weighted by Gasteiger charge is -2.37. The van der Waals surface area contributed by atoms with Crippen molar-refractivity contribution < 1.29 is 18.7 Å². The van der Waals surface area contributed by atoms with E-state index >= 15 is 0 Å². The average molecular weight is 363 g/mol. The number of carbonyl (C=O) groups excluding carboxylic acids is 2. The van der Waals surface area contributed by atoms with Crippen LogP contribution in [0, 0.1) is 5.82 Å². The van der Waals surface area contributed by atoms with Gasteiger partial charge in [-0.25, -0.2) is 4.39 Å². The molecule has 1 aliphatic carbocycles. The molecular weight excluding hydrogens is 337 g/mol. The molecule has 2 fully saturated rings. The van der Waals surface area contributed by atoms with Gasteiger partial charge in [0.25, 0.3) is 0 Å². The molecular formula is C19H26FN3O3. The van der Waals surface area contributed by atoms with Gasteiger partial charge < -0.3 is 15.0 Å². The maximum absolute atomic E-state index is 12.8. The number of halogens is 1. The largest absolute Gasteiger partial charge is 0.493 e. The van der Waals surface area contributed by atoms with Gasteiger partial charge in [0.05, 0.1) is 19.1 Å². The van der Waals surface area contributed by atoms with E-state index in [9.17, 15) is 14.0 Å². The maximum atomic E-state index is 12.8. The molecule has 1 aromatic carbocycles. The van der Waals surface area contributed by atoms with Crippen molar-refractivity contribution in [2.24, 2.45) is 0 Å². The van der Waals surface area contributed by atoms with Crippen LogP contribution < -0.4 is 10.1 Å². The summed E-state index contributed by atoms with van der Waals surface area (Å²) >= 11 is 0. The fourth-order valence-corrected chi connectivity index (χ4v) is 3.02. The highest BCUT2D eigenvalue weighted by Gasteiger charge is 2.30. The lowest BCUT2D eigenvalue weighted by Crippen LogP contribution is -2.55. The number of amides is 2. The number of hydrogen-bond acceptors (Lipinski definition) is 4. The van der Waals surface area contributed by atoms with Crippen molar-refractivity contribution >= 4 is 11.8 Å². The second-order valence-electron chi connectivity index (χ2n) is 6.93. The van der Waals surface area contributed by atoms with Crippen molar-refractivity contribution in [1.29, 1.82) is 0 Å². The van der Waals surface area contributed by atoms with Crippen LogP contribution in [0.4, 0.5) is 4.39 Å². The summed E-state index contributed by atoms with van der Waals surface area (Å²) in [6.07, 6.45) is 2.45. The van der Waals surface area contributed by atoms with Gasteiger partial charge in [-0.3, -0.25) is 14.5 Å². The number of nitrogens with zero attached hydrogens (tertiary/aromatic N) is 2. The van der Waals surface area contributed by atoms with Crippen LogP contribution in [0.1, 0.15) is 26.2 Å². The highest BCUT2D eigenvalue weighted by Crippen LogP contribution is 2.19. The van der Waals surface area contributed by atoms with E-state index in [0.29, 0.717) is 38.0 Å². The van der Waals surface area contributed by atoms with Gasteiger partial charge in [-0.05, 0) is 44.0 Å². The molecule has 26 heavy (non-hydrogen) atoms. The Kier molecular flexibility index (Phi) is 6.08. The SMILES string of the molecule is CC(C(=O)NC1CC1)N1CCN(C(=O)CCOc2ccc(F)cc2)CC1. The standard InChI is InChI=1S/C19H26FN3O3/c1-14(19(25)21-16-4-5-16)22-9-11-23(12-10-22)18(24)8-13-26-17-6-2-15(20)3-7-17/h2-3,6-7,14,16H,4-5,8-13H2,1H3,(H,21,25). The Morgan fingerprint density at radius 2 is 1.85 bits per heavy atom. The van der Waals surface area contributed by atoms with Gasteiger partial charge in [-0.1, -0.05) is 0 Å². The first-order chi connectivity index (χ1) is 12.5. The van der Waals surface area contributed by atoms with Crippen LogP contribution in [-0.4, -0.2) is 66.5 Å². The summed E-state index contributed by atoms with van der Waals surface area (Å²) in [5.41, 5.74) is 0. The second kappa shape index (κ2) is 8.49. The Hall–Kier alpha value is -2.15. The zero-order valence-corrected chi connectivity index (χ0v) is 15.1. The van der Waals surface area contributed by atoms with Crippen LogP contribution in [0.15, 0.2) is 24.3 Å². The monoisotopic (exact) mass is 363 g/mol. The summed E-state index contributed by atoms with van der Waals surface area (Å²) in [5, 5.41) is 3.03. The molecule has 0 radical (unpaired) electrons. The van der Waals surface area contributed by atoms with Crippen molar-refractivity contribution in [3.8, 4) is 5.75 Å². The van der Waals surface area contributed by atoms with E-state index in [1.165, 1.54) is 12.1 Å². The summed E-state index contributed by atoms with van der Waals surface area (Å²) < 4.78 is 18.3. The van der Waals surface area contributed by atoms with Gasteiger partial charge in [0, 0.05) is 32.2 Å². The number of ether oxygens (including phenoxy) is 1. The third kappa shape index (κ3) is 5.17. The van der Waals surface area contributed by atoms with Crippen LogP contribution >= 0.6 is 0 Å². The third-order valence-corrected chi connectivity index (χ3v) is 4.92. The summed E-state index contributed by atoms with van der Waals surface area (Å²) in [6, 6.07) is 5.97. The van der Waals surface area contributed by atoms with Crippen molar-refractivity contribution in [2.75, 3.05) is 32.8 Å². The van der Waals surface area contributed by atoms with Gasteiger partial charge >= 0.3 is 0 Å². The Bertz CT molecular complexity index is 625. The highest BCUT2D eigenvalue weighted by molar-refractivity contribution is 5.82. The molecule has 7 heteroatoms. The van der Waals surface area contributed by atoms with Gasteiger partial charge in [0.15, 0.2) is 0 Å². The van der Waals surface area contributed by atoms with Gasteiger partial charge in [0.2, 0.25) is 11.8 Å². The van der Waals surface area contributed by atoms with Crippen LogP contribution in [0.3, 0.4) is 0 Å². The summed E-state index contributed by atoms with van der Waals surface area (Å²) in [4.78, 5) is 28.4. The minimum atomic E-state index is -0.314. The number of hydrogen-bond donors (Lipinski definition) is 1. The molecule has 142 valence electrons. The lowest BCUT2D eigenvalue weighted by atomic mass is 10.2. The first-order valence-corrected chi connectivity index (χ1v) is 9.23. The average Bonchev–Trinajstić information content (AvgIpc) is 3.46. The smallest absolute Gasteiger partial charge is 0.237 e. The summed E-state index contributed by atoms with van der Waals surface area (Å²) in [5.74, 6) is 0.368. The Morgan fingerprint density at radius 3 is 2.46 bits per heavy atom. The predicted molar refractivity (Wildman–Crippen MR) is 95.3 cm³/mol. The molecule has 1 saturated heterocycles. The first-order valence-electron chi connectivity index (χ1n) is 9.23. The number of piperazine rings is 1. The van der Waals surface area contributed by atoms with E-state index in [0.717, 1.165) is 12.8 Å². The lowest BCUT2D eigenvalue weighted by molar-refractivity contribution is -0.134. The molecule has 1 atom stereocenters. The predicted octanol–water partition coefficient (Wildman–Crippen LogP) is 1.41. The van der Waals surface area contributed by atoms with Crippen LogP contribution in [0.25, 0.3) is 0 Å². The van der Waals surface area contributed by atoms with Crippen LogP contribution in [0.5, 0.6) is 5.75 Å². The molecule has 1 heterocycles. The fraction of sp³-hybridized carbons (Fsp3) is 0.579. The van der Waals surface area contributed by atoms with E-state index in [4.69, 9.17) is 4.74 Å². The van der Waals surface area contributed by atoms with Gasteiger partial charge in [0.1, 0.15) is 11.6 Å². The van der Waals surface area contributed by atoms with E-state index in [-0.39, 0.29) is 36.7 Å². The van der Waals surface area contributed by atoms with Crippen molar-refractivity contribution in [3.63, 3.8) is 0 Å². The van der Waals surface area contributed by atoms with Crippen molar-refractivity contribution in [1.82, 2.24) is 15.1 Å². The summed E-state index contributed by atoms with van der Waals surface area (Å²) in [6.45, 7) is 4.83. The quantitative estimate of drug-likeness (QED) is 0.796. The minimum absolute atomic E-state index is 0.0434. The Balaban J connectivity index is 1.36. The number of nitrogens with one attached hydrogen (secondary N) is 1. The first kappa shape index (κ1) is 18.6. The fourth-order valence-electron chi connectivity index (χ4n) is 3.02. The van der Waals surface area contributed by atoms with E-state index in [2.05, 4.69) is 10.2 Å². The van der Waals surface area contributed by atoms with E-state index < -0.39 is 0 Å². The zero-order chi connectivity index (χ0) is 18.5. The minimum Gasteiger partial charge on any atom is -0.493 e. The molecule has 2 aliphatic rings. The van der Waals surface area contributed by atoms with Crippen LogP contribution in [-0.2, 0) is 9.59 Å². The highest BCUT2D eigenvalue weighted by atomic mass is 19.1. The van der Waals surface area contributed by atoms with Gasteiger partial charge in [-0.2, -0.15) is 0 Å². The molecule has 1 aromatic rings. The summed E-state index contributed by atoms with van der Waals surface area (Å²) in [7, 11) is 0. The van der Waals surface area contributed by atoms with E-state index in [1.807, 2.05) is 11.8 Å². The number of carbonyl (C=O) groups is 2. The third-order valence-electron chi connectivity index (χ3n) is 4.92. The molecule has 1 aliphatic heterocycles. The molecule has 0 bridgehead atoms. The van der Waals surface area contributed by atoms with Crippen LogP contribution in [0.2, 0.25) is 0 Å². The van der Waals surface area contributed by atoms with Crippen molar-refractivity contribution in [2.45, 2.75) is 38.3 Å². The molecule has 1 unspecified atom stereocenters. The molecule has 1 saturated carbocycles. The Labute approximate surface area is 153 Å². The topological polar surface area (TPSA) is 61.9 Å². The normalized spacial score (nSPS) is 19.1. The van der Waals surface area contributed by atoms with E-state index in [1.54, 1.807) is 12.1 Å². The Morgan fingerprint density at radius 1 is 1.19 bits per heavy atom. The molecule has 3 rings (SSSR count). The number of benzene rings is 1. The molecule has 0 aromatic heterocycles. The molecule has 1 N–H and O–H groups in total. The molecule has 6 nitrogen and oxygen atoms in total. The van der Waals surface area contributed by atoms with Gasteiger partial charge in [-0.15, -0.1) is 0 Å². The second-order valence-corrected chi connectivity index (χ2v) is 6.93. The molecule has 0 spiro atoms. The zero-order valence-electron chi connectivity index (χ0n) is 15.1. The van der Waals surface area contributed by atoms with Crippen molar-refractivity contribution in [3.05, 3.63) is 30.1 Å².